The van der Waals surface area contributed by atoms with Crippen LogP contribution >= 0.6 is 11.3 Å². The van der Waals surface area contributed by atoms with E-state index in [4.69, 9.17) is 5.73 Å². The summed E-state index contributed by atoms with van der Waals surface area (Å²) in [5.74, 6) is 0.537. The van der Waals surface area contributed by atoms with Crippen molar-refractivity contribution in [1.82, 2.24) is 15.0 Å². The molecule has 0 radical (unpaired) electrons. The number of benzene rings is 2. The number of nitrogens with zero attached hydrogens (tertiary/aromatic N) is 3. The first kappa shape index (κ1) is 15.3. The fourth-order valence-electron chi connectivity index (χ4n) is 2.50. The van der Waals surface area contributed by atoms with Crippen LogP contribution in [-0.2, 0) is 0 Å². The summed E-state index contributed by atoms with van der Waals surface area (Å²) in [7, 11) is 0. The van der Waals surface area contributed by atoms with Gasteiger partial charge in [-0.2, -0.15) is 0 Å². The Kier molecular flexibility index (Phi) is 4.10. The van der Waals surface area contributed by atoms with Gasteiger partial charge in [0.25, 0.3) is 0 Å². The zero-order valence-corrected chi connectivity index (χ0v) is 14.1. The molecule has 0 unspecified atom stereocenters. The van der Waals surface area contributed by atoms with E-state index in [1.54, 1.807) is 6.20 Å². The second kappa shape index (κ2) is 6.70. The summed E-state index contributed by atoms with van der Waals surface area (Å²) in [5, 5.41) is 3.73. The molecule has 0 spiro atoms. The lowest BCUT2D eigenvalue weighted by Gasteiger charge is -2.06. The normalized spacial score (nSPS) is 10.6. The third-order valence-corrected chi connectivity index (χ3v) is 4.52. The molecular formula is C19H15N5S. The van der Waals surface area contributed by atoms with Crippen LogP contribution in [-0.4, -0.2) is 15.0 Å². The standard InChI is InChI=1S/C19H15N5S/c20-18-24-16(13-7-3-1-4-8-13)17(25-18)15-11-12-21-19(23-15)22-14-9-5-2-6-10-14/h1-12H,(H2,20,24)(H,21,22,23). The first-order chi connectivity index (χ1) is 12.3. The molecule has 2 aromatic heterocycles. The Morgan fingerprint density at radius 3 is 2.32 bits per heavy atom. The largest absolute Gasteiger partial charge is 0.375 e. The van der Waals surface area contributed by atoms with E-state index in [-0.39, 0.29) is 0 Å². The Balaban J connectivity index is 1.73. The SMILES string of the molecule is Nc1nc(-c2ccccc2)c(-c2ccnc(Nc3ccccc3)n2)s1. The first-order valence-electron chi connectivity index (χ1n) is 7.77. The minimum absolute atomic E-state index is 0.519. The highest BCUT2D eigenvalue weighted by Gasteiger charge is 2.15. The number of hydrogen-bond acceptors (Lipinski definition) is 6. The number of nitrogens with two attached hydrogens (primary N) is 1. The first-order valence-corrected chi connectivity index (χ1v) is 8.58. The third-order valence-electron chi connectivity index (χ3n) is 3.61. The van der Waals surface area contributed by atoms with Gasteiger partial charge in [-0.25, -0.2) is 15.0 Å². The van der Waals surface area contributed by atoms with Crippen LogP contribution in [0.1, 0.15) is 0 Å². The molecule has 0 saturated heterocycles. The predicted octanol–water partition coefficient (Wildman–Crippen LogP) is 4.59. The Bertz CT molecular complexity index is 983. The van der Waals surface area contributed by atoms with Gasteiger partial charge in [0.15, 0.2) is 5.13 Å². The summed E-state index contributed by atoms with van der Waals surface area (Å²) in [4.78, 5) is 14.3. The lowest BCUT2D eigenvalue weighted by Crippen LogP contribution is -1.97. The lowest BCUT2D eigenvalue weighted by molar-refractivity contribution is 1.17. The van der Waals surface area contributed by atoms with Crippen LogP contribution in [0.4, 0.5) is 16.8 Å². The van der Waals surface area contributed by atoms with Crippen molar-refractivity contribution in [3.8, 4) is 21.8 Å². The van der Waals surface area contributed by atoms with Gasteiger partial charge in [-0.3, -0.25) is 0 Å². The Labute approximate surface area is 149 Å². The third kappa shape index (κ3) is 3.34. The van der Waals surface area contributed by atoms with Crippen molar-refractivity contribution in [1.29, 1.82) is 0 Å². The van der Waals surface area contributed by atoms with Gasteiger partial charge >= 0.3 is 0 Å². The maximum absolute atomic E-state index is 5.96. The fourth-order valence-corrected chi connectivity index (χ4v) is 3.32. The highest BCUT2D eigenvalue weighted by molar-refractivity contribution is 7.19. The quantitative estimate of drug-likeness (QED) is 0.565. The van der Waals surface area contributed by atoms with Crippen molar-refractivity contribution in [3.05, 3.63) is 72.9 Å². The molecule has 5 nitrogen and oxygen atoms in total. The Morgan fingerprint density at radius 2 is 1.56 bits per heavy atom. The van der Waals surface area contributed by atoms with Gasteiger partial charge in [-0.1, -0.05) is 59.9 Å². The summed E-state index contributed by atoms with van der Waals surface area (Å²) in [6.45, 7) is 0. The molecule has 4 aromatic rings. The van der Waals surface area contributed by atoms with E-state index in [2.05, 4.69) is 20.3 Å². The second-order valence-corrected chi connectivity index (χ2v) is 6.38. The summed E-state index contributed by atoms with van der Waals surface area (Å²) in [6, 6.07) is 21.7. The van der Waals surface area contributed by atoms with E-state index < -0.39 is 0 Å². The molecule has 0 fully saturated rings. The van der Waals surface area contributed by atoms with Gasteiger partial charge in [0.2, 0.25) is 5.95 Å². The highest BCUT2D eigenvalue weighted by atomic mass is 32.1. The second-order valence-electron chi connectivity index (χ2n) is 5.35. The van der Waals surface area contributed by atoms with Crippen LogP contribution in [0.2, 0.25) is 0 Å². The summed E-state index contributed by atoms with van der Waals surface area (Å²) in [5.41, 5.74) is 9.55. The van der Waals surface area contributed by atoms with Gasteiger partial charge in [0.05, 0.1) is 16.3 Å². The highest BCUT2D eigenvalue weighted by Crippen LogP contribution is 2.37. The van der Waals surface area contributed by atoms with Gasteiger partial charge in [-0.15, -0.1) is 0 Å². The summed E-state index contributed by atoms with van der Waals surface area (Å²) >= 11 is 1.43. The molecule has 3 N–H and O–H groups in total. The molecule has 2 aromatic carbocycles. The molecule has 0 aliphatic carbocycles. The average molecular weight is 345 g/mol. The zero-order valence-electron chi connectivity index (χ0n) is 13.3. The van der Waals surface area contributed by atoms with Crippen molar-refractivity contribution >= 4 is 28.1 Å². The van der Waals surface area contributed by atoms with E-state index in [1.807, 2.05) is 66.7 Å². The van der Waals surface area contributed by atoms with E-state index in [9.17, 15) is 0 Å². The number of nitrogen functional groups attached to an aromatic ring is 1. The van der Waals surface area contributed by atoms with Crippen LogP contribution < -0.4 is 11.1 Å². The average Bonchev–Trinajstić information content (AvgIpc) is 3.05. The molecule has 2 heterocycles. The number of thiazole rings is 1. The number of hydrogen-bond donors (Lipinski definition) is 2. The van der Waals surface area contributed by atoms with Crippen molar-refractivity contribution in [2.45, 2.75) is 0 Å². The number of para-hydroxylation sites is 1. The van der Waals surface area contributed by atoms with Crippen LogP contribution in [0.25, 0.3) is 21.8 Å². The topological polar surface area (TPSA) is 76.7 Å². The van der Waals surface area contributed by atoms with Crippen LogP contribution in [0.3, 0.4) is 0 Å². The van der Waals surface area contributed by atoms with Crippen LogP contribution in [0.5, 0.6) is 0 Å². The van der Waals surface area contributed by atoms with Crippen molar-refractivity contribution in [3.63, 3.8) is 0 Å². The Hall–Kier alpha value is -3.25. The molecule has 25 heavy (non-hydrogen) atoms. The van der Waals surface area contributed by atoms with Gasteiger partial charge in [0, 0.05) is 17.4 Å². The van der Waals surface area contributed by atoms with Crippen LogP contribution in [0, 0.1) is 0 Å². The van der Waals surface area contributed by atoms with Crippen molar-refractivity contribution in [2.75, 3.05) is 11.1 Å². The molecule has 0 aliphatic heterocycles. The van der Waals surface area contributed by atoms with Gasteiger partial charge in [-0.05, 0) is 18.2 Å². The van der Waals surface area contributed by atoms with Crippen molar-refractivity contribution in [2.24, 2.45) is 0 Å². The van der Waals surface area contributed by atoms with Gasteiger partial charge in [0.1, 0.15) is 0 Å². The molecule has 6 heteroatoms. The zero-order chi connectivity index (χ0) is 17.1. The monoisotopic (exact) mass is 345 g/mol. The molecular weight excluding hydrogens is 330 g/mol. The molecule has 122 valence electrons. The number of aromatic nitrogens is 3. The molecule has 0 atom stereocenters. The summed E-state index contributed by atoms with van der Waals surface area (Å²) in [6.07, 6.45) is 1.73. The maximum Gasteiger partial charge on any atom is 0.227 e. The molecule has 0 aliphatic rings. The molecule has 0 saturated carbocycles. The maximum atomic E-state index is 5.96. The molecule has 0 bridgehead atoms. The van der Waals surface area contributed by atoms with E-state index in [0.29, 0.717) is 11.1 Å². The Morgan fingerprint density at radius 1 is 0.840 bits per heavy atom. The predicted molar refractivity (Wildman–Crippen MR) is 103 cm³/mol. The minimum atomic E-state index is 0.519. The fraction of sp³-hybridized carbons (Fsp3) is 0. The van der Waals surface area contributed by atoms with E-state index in [0.717, 1.165) is 27.5 Å². The molecule has 0 amide bonds. The molecule has 4 rings (SSSR count). The van der Waals surface area contributed by atoms with Gasteiger partial charge < -0.3 is 11.1 Å². The van der Waals surface area contributed by atoms with Crippen molar-refractivity contribution < 1.29 is 0 Å². The number of anilines is 3. The van der Waals surface area contributed by atoms with E-state index in [1.165, 1.54) is 11.3 Å². The minimum Gasteiger partial charge on any atom is -0.375 e. The van der Waals surface area contributed by atoms with Crippen LogP contribution in [0.15, 0.2) is 72.9 Å². The smallest absolute Gasteiger partial charge is 0.227 e. The number of nitrogens with one attached hydrogen (secondary N) is 1. The lowest BCUT2D eigenvalue weighted by atomic mass is 10.1. The number of rotatable bonds is 4. The van der Waals surface area contributed by atoms with E-state index >= 15 is 0 Å². The summed E-state index contributed by atoms with van der Waals surface area (Å²) < 4.78 is 0.